The maximum atomic E-state index is 11.9. The first-order valence-electron chi connectivity index (χ1n) is 5.93. The molecule has 0 unspecified atom stereocenters. The van der Waals surface area contributed by atoms with Gasteiger partial charge in [0.15, 0.2) is 0 Å². The fourth-order valence-electron chi connectivity index (χ4n) is 1.73. The van der Waals surface area contributed by atoms with Gasteiger partial charge in [0.25, 0.3) is 0 Å². The second-order valence-corrected chi connectivity index (χ2v) is 5.23. The van der Waals surface area contributed by atoms with Crippen LogP contribution in [0, 0.1) is 5.41 Å². The Bertz CT molecular complexity index is 559. The maximum Gasteiger partial charge on any atom is 0.224 e. The number of imidazole rings is 1. The predicted octanol–water partition coefficient (Wildman–Crippen LogP) is 1.88. The number of rotatable bonds is 4. The van der Waals surface area contributed by atoms with E-state index >= 15 is 0 Å². The molecule has 0 atom stereocenters. The van der Waals surface area contributed by atoms with Crippen molar-refractivity contribution in [2.75, 3.05) is 11.9 Å². The van der Waals surface area contributed by atoms with E-state index in [4.69, 9.17) is 5.73 Å². The molecule has 5 heteroatoms. The van der Waals surface area contributed by atoms with Crippen molar-refractivity contribution in [1.29, 1.82) is 0 Å². The number of aromatic amines is 1. The van der Waals surface area contributed by atoms with Gasteiger partial charge in [0.1, 0.15) is 0 Å². The van der Waals surface area contributed by atoms with Crippen LogP contribution >= 0.6 is 0 Å². The Morgan fingerprint density at radius 2 is 2.28 bits per heavy atom. The lowest BCUT2D eigenvalue weighted by Crippen LogP contribution is -2.29. The first kappa shape index (κ1) is 12.6. The highest BCUT2D eigenvalue weighted by atomic mass is 16.1. The van der Waals surface area contributed by atoms with Crippen LogP contribution in [0.4, 0.5) is 5.69 Å². The van der Waals surface area contributed by atoms with Crippen molar-refractivity contribution in [2.24, 2.45) is 11.1 Å². The first-order chi connectivity index (χ1) is 8.50. The number of fused-ring (bicyclic) bond motifs is 1. The number of aromatic nitrogens is 2. The van der Waals surface area contributed by atoms with Gasteiger partial charge in [0.05, 0.1) is 17.4 Å². The van der Waals surface area contributed by atoms with Gasteiger partial charge >= 0.3 is 0 Å². The molecule has 0 fully saturated rings. The minimum absolute atomic E-state index is 0.0238. The highest BCUT2D eigenvalue weighted by Crippen LogP contribution is 2.20. The normalized spacial score (nSPS) is 11.7. The van der Waals surface area contributed by atoms with Gasteiger partial charge in [-0.1, -0.05) is 13.8 Å². The number of nitrogens with two attached hydrogens (primary N) is 1. The highest BCUT2D eigenvalue weighted by Gasteiger charge is 2.20. The summed E-state index contributed by atoms with van der Waals surface area (Å²) in [5.74, 6) is -0.0238. The number of nitrogens with one attached hydrogen (secondary N) is 2. The molecule has 0 spiro atoms. The van der Waals surface area contributed by atoms with E-state index in [-0.39, 0.29) is 11.3 Å². The summed E-state index contributed by atoms with van der Waals surface area (Å²) in [4.78, 5) is 19.0. The van der Waals surface area contributed by atoms with E-state index in [0.29, 0.717) is 13.0 Å². The molecular formula is C13H18N4O. The second kappa shape index (κ2) is 4.78. The van der Waals surface area contributed by atoms with Crippen molar-refractivity contribution >= 4 is 22.6 Å². The molecule has 1 heterocycles. The Kier molecular flexibility index (Phi) is 3.34. The summed E-state index contributed by atoms with van der Waals surface area (Å²) in [5, 5.41) is 2.87. The summed E-state index contributed by atoms with van der Waals surface area (Å²) in [7, 11) is 0. The van der Waals surface area contributed by atoms with Gasteiger partial charge in [-0.2, -0.15) is 0 Å². The minimum atomic E-state index is -0.178. The average Bonchev–Trinajstić information content (AvgIpc) is 2.75. The lowest BCUT2D eigenvalue weighted by molar-refractivity contribution is -0.117. The number of benzene rings is 1. The van der Waals surface area contributed by atoms with Crippen LogP contribution in [0.2, 0.25) is 0 Å². The number of nitrogens with zero attached hydrogens (tertiary/aromatic N) is 1. The molecule has 2 rings (SSSR count). The van der Waals surface area contributed by atoms with Crippen molar-refractivity contribution in [3.05, 3.63) is 24.5 Å². The topological polar surface area (TPSA) is 83.8 Å². The molecule has 96 valence electrons. The molecule has 0 bridgehead atoms. The molecule has 1 aromatic heterocycles. The van der Waals surface area contributed by atoms with E-state index < -0.39 is 0 Å². The predicted molar refractivity (Wildman–Crippen MR) is 72.2 cm³/mol. The van der Waals surface area contributed by atoms with Crippen LogP contribution in [0.15, 0.2) is 24.5 Å². The van der Waals surface area contributed by atoms with E-state index in [1.54, 1.807) is 6.33 Å². The SMILES string of the molecule is CC(C)(CN)CC(=O)Nc1ccc2nc[nH]c2c1. The van der Waals surface area contributed by atoms with Crippen molar-refractivity contribution in [3.8, 4) is 0 Å². The number of anilines is 1. The maximum absolute atomic E-state index is 11.9. The van der Waals surface area contributed by atoms with Crippen LogP contribution in [-0.2, 0) is 4.79 Å². The molecule has 0 radical (unpaired) electrons. The number of amides is 1. The molecule has 0 aliphatic rings. The third-order valence-corrected chi connectivity index (χ3v) is 2.90. The minimum Gasteiger partial charge on any atom is -0.345 e. The highest BCUT2D eigenvalue weighted by molar-refractivity contribution is 5.93. The van der Waals surface area contributed by atoms with Gasteiger partial charge in [0.2, 0.25) is 5.91 Å². The molecule has 0 aliphatic carbocycles. The van der Waals surface area contributed by atoms with Crippen molar-refractivity contribution < 1.29 is 4.79 Å². The third-order valence-electron chi connectivity index (χ3n) is 2.90. The Balaban J connectivity index is 2.06. The van der Waals surface area contributed by atoms with Gasteiger partial charge in [-0.15, -0.1) is 0 Å². The largest absolute Gasteiger partial charge is 0.345 e. The van der Waals surface area contributed by atoms with Crippen LogP contribution in [0.25, 0.3) is 11.0 Å². The lowest BCUT2D eigenvalue weighted by atomic mass is 9.89. The van der Waals surface area contributed by atoms with E-state index in [1.165, 1.54) is 0 Å². The average molecular weight is 246 g/mol. The van der Waals surface area contributed by atoms with Crippen LogP contribution < -0.4 is 11.1 Å². The van der Waals surface area contributed by atoms with Crippen LogP contribution in [0.3, 0.4) is 0 Å². The number of hydrogen-bond donors (Lipinski definition) is 3. The number of carbonyl (C=O) groups excluding carboxylic acids is 1. The van der Waals surface area contributed by atoms with Gasteiger partial charge in [-0.3, -0.25) is 4.79 Å². The Morgan fingerprint density at radius 1 is 1.50 bits per heavy atom. The van der Waals surface area contributed by atoms with Gasteiger partial charge < -0.3 is 16.0 Å². The molecule has 1 aromatic carbocycles. The molecule has 0 aliphatic heterocycles. The molecule has 1 amide bonds. The van der Waals surface area contributed by atoms with Crippen molar-refractivity contribution in [1.82, 2.24) is 9.97 Å². The smallest absolute Gasteiger partial charge is 0.224 e. The summed E-state index contributed by atoms with van der Waals surface area (Å²) in [6.07, 6.45) is 2.04. The zero-order valence-electron chi connectivity index (χ0n) is 10.7. The zero-order chi connectivity index (χ0) is 13.2. The van der Waals surface area contributed by atoms with Crippen LogP contribution in [-0.4, -0.2) is 22.4 Å². The fourth-order valence-corrected chi connectivity index (χ4v) is 1.73. The van der Waals surface area contributed by atoms with Crippen molar-refractivity contribution in [2.45, 2.75) is 20.3 Å². The van der Waals surface area contributed by atoms with Crippen LogP contribution in [0.5, 0.6) is 0 Å². The quantitative estimate of drug-likeness (QED) is 0.770. The second-order valence-electron chi connectivity index (χ2n) is 5.23. The number of hydrogen-bond acceptors (Lipinski definition) is 3. The van der Waals surface area contributed by atoms with E-state index in [0.717, 1.165) is 16.7 Å². The summed E-state index contributed by atoms with van der Waals surface area (Å²) in [6, 6.07) is 5.59. The van der Waals surface area contributed by atoms with Gasteiger partial charge in [0, 0.05) is 12.1 Å². The standard InChI is InChI=1S/C13H18N4O/c1-13(2,7-14)6-12(18)17-9-3-4-10-11(5-9)16-8-15-10/h3-5,8H,6-7,14H2,1-2H3,(H,15,16)(H,17,18). The Morgan fingerprint density at radius 3 is 3.00 bits per heavy atom. The summed E-state index contributed by atoms with van der Waals surface area (Å²) < 4.78 is 0. The number of H-pyrrole nitrogens is 1. The molecule has 0 saturated carbocycles. The zero-order valence-corrected chi connectivity index (χ0v) is 10.7. The molecule has 2 aromatic rings. The van der Waals surface area contributed by atoms with E-state index in [9.17, 15) is 4.79 Å². The third kappa shape index (κ3) is 2.87. The molecular weight excluding hydrogens is 228 g/mol. The molecule has 0 saturated heterocycles. The van der Waals surface area contributed by atoms with Gasteiger partial charge in [-0.25, -0.2) is 4.98 Å². The van der Waals surface area contributed by atoms with E-state index in [2.05, 4.69) is 15.3 Å². The van der Waals surface area contributed by atoms with E-state index in [1.807, 2.05) is 32.0 Å². The Labute approximate surface area is 106 Å². The Hall–Kier alpha value is -1.88. The first-order valence-corrected chi connectivity index (χ1v) is 5.93. The summed E-state index contributed by atoms with van der Waals surface area (Å²) in [5.41, 5.74) is 8.00. The molecule has 4 N–H and O–H groups in total. The lowest BCUT2D eigenvalue weighted by Gasteiger charge is -2.21. The monoisotopic (exact) mass is 246 g/mol. The van der Waals surface area contributed by atoms with Crippen molar-refractivity contribution in [3.63, 3.8) is 0 Å². The number of carbonyl (C=O) groups is 1. The summed E-state index contributed by atoms with van der Waals surface area (Å²) >= 11 is 0. The van der Waals surface area contributed by atoms with Gasteiger partial charge in [-0.05, 0) is 30.2 Å². The van der Waals surface area contributed by atoms with Crippen LogP contribution in [0.1, 0.15) is 20.3 Å². The molecule has 18 heavy (non-hydrogen) atoms. The fraction of sp³-hybridized carbons (Fsp3) is 0.385. The molecule has 5 nitrogen and oxygen atoms in total. The summed E-state index contributed by atoms with van der Waals surface area (Å²) in [6.45, 7) is 4.44.